The Morgan fingerprint density at radius 2 is 2.80 bits per heavy atom. The molecule has 0 bridgehead atoms. The van der Waals surface area contributed by atoms with E-state index in [1.54, 1.807) is 12.4 Å². The number of nitrogens with one attached hydrogen (secondary N) is 1. The molecule has 0 unspecified atom stereocenters. The van der Waals surface area contributed by atoms with E-state index in [2.05, 4.69) is 10.2 Å². The Labute approximate surface area is 31.3 Å². The van der Waals surface area contributed by atoms with Gasteiger partial charge in [-0.1, -0.05) is 0 Å². The van der Waals surface area contributed by atoms with E-state index < -0.39 is 0 Å². The van der Waals surface area contributed by atoms with Crippen LogP contribution in [0.5, 0.6) is 0 Å². The zero-order valence-corrected chi connectivity index (χ0v) is 2.68. The third kappa shape index (κ3) is 0.265. The molecule has 0 aromatic carbocycles. The average molecular weight is 70.1 g/mol. The van der Waals surface area contributed by atoms with Crippen LogP contribution in [0.15, 0.2) is 18.5 Å². The van der Waals surface area contributed by atoms with Crippen molar-refractivity contribution in [2.24, 2.45) is 0 Å². The molecule has 0 spiro atoms. The van der Waals surface area contributed by atoms with Crippen LogP contribution in [-0.2, 0) is 0 Å². The van der Waals surface area contributed by atoms with Crippen LogP contribution in [0.3, 0.4) is 0 Å². The van der Waals surface area contributed by atoms with E-state index in [-0.39, 0.29) is 1.43 Å². The van der Waals surface area contributed by atoms with Crippen molar-refractivity contribution in [2.75, 3.05) is 0 Å². The van der Waals surface area contributed by atoms with Gasteiger partial charge in [0.1, 0.15) is 0 Å². The van der Waals surface area contributed by atoms with Crippen LogP contribution in [0.25, 0.3) is 0 Å². The van der Waals surface area contributed by atoms with Gasteiger partial charge < -0.3 is 0 Å². The van der Waals surface area contributed by atoms with Crippen molar-refractivity contribution in [2.45, 2.75) is 0 Å². The number of aromatic amines is 1. The highest BCUT2D eigenvalue weighted by molar-refractivity contribution is 4.72. The van der Waals surface area contributed by atoms with Gasteiger partial charge in [-0.2, -0.15) is 5.10 Å². The van der Waals surface area contributed by atoms with E-state index in [9.17, 15) is 0 Å². The summed E-state index contributed by atoms with van der Waals surface area (Å²) in [5, 5.41) is 6.21. The molecule has 0 saturated carbocycles. The smallest absolute Gasteiger partial charge is 0.0487 e. The van der Waals surface area contributed by atoms with Crippen molar-refractivity contribution in [1.29, 1.82) is 0 Å². The summed E-state index contributed by atoms with van der Waals surface area (Å²) >= 11 is 0. The second-order valence-electron chi connectivity index (χ2n) is 0.766. The molecule has 0 aliphatic carbocycles. The van der Waals surface area contributed by atoms with Crippen molar-refractivity contribution in [3.63, 3.8) is 0 Å². The van der Waals surface area contributed by atoms with Crippen molar-refractivity contribution in [3.05, 3.63) is 18.5 Å². The van der Waals surface area contributed by atoms with Crippen LogP contribution >= 0.6 is 0 Å². The highest BCUT2D eigenvalue weighted by Gasteiger charge is 1.56. The van der Waals surface area contributed by atoms with Gasteiger partial charge in [-0.15, -0.1) is 0 Å². The lowest BCUT2D eigenvalue weighted by Crippen LogP contribution is -1.53. The van der Waals surface area contributed by atoms with Crippen molar-refractivity contribution < 1.29 is 1.43 Å². The quantitative estimate of drug-likeness (QED) is 0.477. The van der Waals surface area contributed by atoms with E-state index in [0.717, 1.165) is 0 Å². The van der Waals surface area contributed by atoms with Crippen molar-refractivity contribution in [1.82, 2.24) is 10.2 Å². The van der Waals surface area contributed by atoms with Crippen molar-refractivity contribution >= 4 is 0 Å². The zero-order valence-electron chi connectivity index (χ0n) is 2.68. The monoisotopic (exact) mass is 70.1 g/mol. The lowest BCUT2D eigenvalue weighted by atomic mass is 10.8. The predicted octanol–water partition coefficient (Wildman–Crippen LogP) is 0.656. The van der Waals surface area contributed by atoms with Crippen LogP contribution < -0.4 is 0 Å². The maximum atomic E-state index is 3.60. The van der Waals surface area contributed by atoms with Gasteiger partial charge in [0, 0.05) is 13.8 Å². The lowest BCUT2D eigenvalue weighted by molar-refractivity contribution is 1.09. The molecule has 1 aromatic heterocycles. The fourth-order valence-electron chi connectivity index (χ4n) is 0.215. The summed E-state index contributed by atoms with van der Waals surface area (Å²) in [6.45, 7) is 0. The SMILES string of the molecule is [HH].c1cn[nH]c1. The summed E-state index contributed by atoms with van der Waals surface area (Å²) in [5.41, 5.74) is 0. The maximum Gasteiger partial charge on any atom is 0.0487 e. The minimum atomic E-state index is 0. The summed E-state index contributed by atoms with van der Waals surface area (Å²) in [5.74, 6) is 0. The highest BCUT2D eigenvalue weighted by atomic mass is 15.1. The van der Waals surface area contributed by atoms with Gasteiger partial charge in [0.2, 0.25) is 0 Å². The third-order valence-electron chi connectivity index (χ3n) is 0.406. The molecule has 5 heavy (non-hydrogen) atoms. The molecule has 0 aliphatic heterocycles. The average Bonchev–Trinajstić information content (AvgIpc) is 1.76. The number of hydrogen-bond donors (Lipinski definition) is 1. The van der Waals surface area contributed by atoms with Crippen LogP contribution in [0.1, 0.15) is 1.43 Å². The Morgan fingerprint density at radius 1 is 1.80 bits per heavy atom. The zero-order chi connectivity index (χ0) is 3.54. The molecule has 0 fully saturated rings. The summed E-state index contributed by atoms with van der Waals surface area (Å²) in [6.07, 6.45) is 3.46. The molecule has 0 atom stereocenters. The van der Waals surface area contributed by atoms with Crippen LogP contribution in [0.4, 0.5) is 0 Å². The van der Waals surface area contributed by atoms with E-state index >= 15 is 0 Å². The lowest BCUT2D eigenvalue weighted by Gasteiger charge is -1.49. The van der Waals surface area contributed by atoms with Gasteiger partial charge in [0.05, 0.1) is 0 Å². The van der Waals surface area contributed by atoms with Crippen LogP contribution in [0.2, 0.25) is 0 Å². The Bertz CT molecular complexity index is 65.3. The molecular weight excluding hydrogens is 64.0 g/mol. The van der Waals surface area contributed by atoms with E-state index in [0.29, 0.717) is 0 Å². The standard InChI is InChI=1S/C3H4N2.H2/c1-2-4-5-3-1;/h1-3H,(H,4,5);1H. The Balaban J connectivity index is 0.000000250. The first kappa shape index (κ1) is 2.45. The molecule has 0 amide bonds. The Kier molecular flexibility index (Phi) is 0.433. The second kappa shape index (κ2) is 0.885. The third-order valence-corrected chi connectivity index (χ3v) is 0.406. The highest BCUT2D eigenvalue weighted by Crippen LogP contribution is 1.64. The Hall–Kier alpha value is -0.790. The molecule has 1 heterocycles. The molecule has 1 aromatic rings. The molecule has 2 heteroatoms. The predicted molar refractivity (Wildman–Crippen MR) is 20.7 cm³/mol. The normalized spacial score (nSPS) is 8.00. The van der Waals surface area contributed by atoms with Crippen molar-refractivity contribution in [3.8, 4) is 0 Å². The number of hydrogen-bond acceptors (Lipinski definition) is 1. The number of rotatable bonds is 0. The van der Waals surface area contributed by atoms with E-state index in [4.69, 9.17) is 0 Å². The number of nitrogens with zero attached hydrogens (tertiary/aromatic N) is 1. The first-order valence-corrected chi connectivity index (χ1v) is 1.44. The molecule has 0 aliphatic rings. The summed E-state index contributed by atoms with van der Waals surface area (Å²) < 4.78 is 0. The molecular formula is C3H6N2. The second-order valence-corrected chi connectivity index (χ2v) is 0.766. The largest absolute Gasteiger partial charge is 0.286 e. The summed E-state index contributed by atoms with van der Waals surface area (Å²) in [7, 11) is 0. The molecule has 28 valence electrons. The van der Waals surface area contributed by atoms with E-state index in [1.165, 1.54) is 0 Å². The Morgan fingerprint density at radius 3 is 3.00 bits per heavy atom. The van der Waals surface area contributed by atoms with Gasteiger partial charge in [-0.05, 0) is 6.07 Å². The fourth-order valence-corrected chi connectivity index (χ4v) is 0.215. The number of aromatic nitrogens is 2. The molecule has 1 rings (SSSR count). The summed E-state index contributed by atoms with van der Waals surface area (Å²) in [4.78, 5) is 0. The van der Waals surface area contributed by atoms with Gasteiger partial charge in [-0.3, -0.25) is 5.10 Å². The summed E-state index contributed by atoms with van der Waals surface area (Å²) in [6, 6.07) is 1.83. The number of H-pyrrole nitrogens is 1. The van der Waals surface area contributed by atoms with Gasteiger partial charge in [-0.25, -0.2) is 0 Å². The minimum absolute atomic E-state index is 0. The first-order chi connectivity index (χ1) is 2.50. The molecule has 0 radical (unpaired) electrons. The fraction of sp³-hybridized carbons (Fsp3) is 0. The van der Waals surface area contributed by atoms with Crippen LogP contribution in [-0.4, -0.2) is 10.2 Å². The van der Waals surface area contributed by atoms with E-state index in [1.807, 2.05) is 6.07 Å². The molecule has 0 saturated heterocycles. The maximum absolute atomic E-state index is 3.60. The van der Waals surface area contributed by atoms with Gasteiger partial charge >= 0.3 is 0 Å². The first-order valence-electron chi connectivity index (χ1n) is 1.44. The molecule has 2 nitrogen and oxygen atoms in total. The topological polar surface area (TPSA) is 28.7 Å². The minimum Gasteiger partial charge on any atom is -0.286 e. The molecule has 1 N–H and O–H groups in total. The van der Waals surface area contributed by atoms with Crippen LogP contribution in [0, 0.1) is 0 Å². The van der Waals surface area contributed by atoms with Gasteiger partial charge in [0.15, 0.2) is 0 Å². The van der Waals surface area contributed by atoms with Gasteiger partial charge in [0.25, 0.3) is 0 Å².